The van der Waals surface area contributed by atoms with Crippen molar-refractivity contribution in [3.8, 4) is 0 Å². The van der Waals surface area contributed by atoms with Gasteiger partial charge in [-0.05, 0) is 12.8 Å². The Morgan fingerprint density at radius 2 is 1.77 bits per heavy atom. The van der Waals surface area contributed by atoms with Gasteiger partial charge in [-0.3, -0.25) is 0 Å². The van der Waals surface area contributed by atoms with E-state index in [1.54, 1.807) is 0 Å². The van der Waals surface area contributed by atoms with Gasteiger partial charge in [0.2, 0.25) is 0 Å². The molecule has 2 saturated heterocycles. The molecule has 2 rings (SSSR count). The highest BCUT2D eigenvalue weighted by Crippen LogP contribution is 2.30. The summed E-state index contributed by atoms with van der Waals surface area (Å²) in [7, 11) is 0. The maximum atomic E-state index is 5.39. The first-order valence-electron chi connectivity index (χ1n) is 4.95. The van der Waals surface area contributed by atoms with Crippen molar-refractivity contribution in [2.24, 2.45) is 0 Å². The SMILES string of the molecule is C=CCC1OC1C=CC1OC1CC. The van der Waals surface area contributed by atoms with Gasteiger partial charge in [-0.2, -0.15) is 0 Å². The van der Waals surface area contributed by atoms with Crippen molar-refractivity contribution in [1.82, 2.24) is 0 Å². The first-order chi connectivity index (χ1) is 6.35. The lowest BCUT2D eigenvalue weighted by Crippen LogP contribution is -1.90. The fourth-order valence-corrected chi connectivity index (χ4v) is 1.55. The standard InChI is InChI=1S/C11H16O2/c1-3-5-9-11(13-9)7-6-10-8(4-2)12-10/h3,6-11H,1,4-5H2,2H3. The Morgan fingerprint density at radius 3 is 2.31 bits per heavy atom. The highest BCUT2D eigenvalue weighted by molar-refractivity contribution is 5.10. The van der Waals surface area contributed by atoms with Crippen LogP contribution < -0.4 is 0 Å². The molecule has 4 atom stereocenters. The number of ether oxygens (including phenoxy) is 2. The van der Waals surface area contributed by atoms with E-state index in [0.717, 1.165) is 12.8 Å². The summed E-state index contributed by atoms with van der Waals surface area (Å²) in [5.41, 5.74) is 0. The van der Waals surface area contributed by atoms with E-state index >= 15 is 0 Å². The van der Waals surface area contributed by atoms with Gasteiger partial charge in [-0.1, -0.05) is 25.2 Å². The summed E-state index contributed by atoms with van der Waals surface area (Å²) in [5, 5.41) is 0. The van der Waals surface area contributed by atoms with Crippen molar-refractivity contribution >= 4 is 0 Å². The third-order valence-electron chi connectivity index (χ3n) is 2.54. The zero-order chi connectivity index (χ0) is 9.26. The van der Waals surface area contributed by atoms with Crippen LogP contribution in [0.3, 0.4) is 0 Å². The lowest BCUT2D eigenvalue weighted by atomic mass is 10.2. The Kier molecular flexibility index (Phi) is 2.51. The van der Waals surface area contributed by atoms with Gasteiger partial charge in [0.15, 0.2) is 0 Å². The molecule has 2 fully saturated rings. The molecule has 72 valence electrons. The number of epoxide rings is 2. The zero-order valence-electron chi connectivity index (χ0n) is 7.98. The van der Waals surface area contributed by atoms with Crippen LogP contribution in [0, 0.1) is 0 Å². The Morgan fingerprint density at radius 1 is 1.15 bits per heavy atom. The number of rotatable bonds is 5. The van der Waals surface area contributed by atoms with Gasteiger partial charge in [-0.15, -0.1) is 6.58 Å². The monoisotopic (exact) mass is 180 g/mol. The van der Waals surface area contributed by atoms with E-state index in [1.165, 1.54) is 0 Å². The molecule has 0 bridgehead atoms. The van der Waals surface area contributed by atoms with Crippen LogP contribution in [-0.2, 0) is 9.47 Å². The molecule has 2 heteroatoms. The maximum Gasteiger partial charge on any atom is 0.103 e. The summed E-state index contributed by atoms with van der Waals surface area (Å²) in [6.07, 6.45) is 9.74. The predicted molar refractivity (Wildman–Crippen MR) is 51.6 cm³/mol. The van der Waals surface area contributed by atoms with Crippen molar-refractivity contribution in [2.45, 2.75) is 44.2 Å². The lowest BCUT2D eigenvalue weighted by molar-refractivity contribution is 0.381. The molecule has 2 aliphatic rings. The molecule has 0 saturated carbocycles. The lowest BCUT2D eigenvalue weighted by Gasteiger charge is -1.81. The Balaban J connectivity index is 1.66. The van der Waals surface area contributed by atoms with E-state index in [0.29, 0.717) is 24.4 Å². The van der Waals surface area contributed by atoms with E-state index in [-0.39, 0.29) is 0 Å². The van der Waals surface area contributed by atoms with E-state index in [4.69, 9.17) is 9.47 Å². The van der Waals surface area contributed by atoms with Crippen LogP contribution in [-0.4, -0.2) is 24.4 Å². The molecule has 0 aliphatic carbocycles. The van der Waals surface area contributed by atoms with Crippen LogP contribution in [0.15, 0.2) is 24.8 Å². The topological polar surface area (TPSA) is 25.1 Å². The summed E-state index contributed by atoms with van der Waals surface area (Å²) >= 11 is 0. The Labute approximate surface area is 79.2 Å². The van der Waals surface area contributed by atoms with E-state index < -0.39 is 0 Å². The second-order valence-electron chi connectivity index (χ2n) is 3.60. The average Bonchev–Trinajstić information content (AvgIpc) is 2.96. The molecule has 0 aromatic rings. The Bertz CT molecular complexity index is 222. The van der Waals surface area contributed by atoms with Crippen molar-refractivity contribution in [3.05, 3.63) is 24.8 Å². The van der Waals surface area contributed by atoms with E-state index in [2.05, 4.69) is 25.7 Å². The van der Waals surface area contributed by atoms with Gasteiger partial charge in [0.25, 0.3) is 0 Å². The maximum absolute atomic E-state index is 5.39. The molecule has 0 amide bonds. The van der Waals surface area contributed by atoms with Crippen LogP contribution in [0.2, 0.25) is 0 Å². The predicted octanol–water partition coefficient (Wildman–Crippen LogP) is 2.06. The van der Waals surface area contributed by atoms with Crippen LogP contribution in [0.5, 0.6) is 0 Å². The summed E-state index contributed by atoms with van der Waals surface area (Å²) in [6, 6.07) is 0. The molecular weight excluding hydrogens is 164 g/mol. The molecule has 4 unspecified atom stereocenters. The fourth-order valence-electron chi connectivity index (χ4n) is 1.55. The summed E-state index contributed by atoms with van der Waals surface area (Å²) < 4.78 is 10.8. The van der Waals surface area contributed by atoms with Crippen molar-refractivity contribution in [2.75, 3.05) is 0 Å². The fraction of sp³-hybridized carbons (Fsp3) is 0.636. The van der Waals surface area contributed by atoms with Gasteiger partial charge in [-0.25, -0.2) is 0 Å². The van der Waals surface area contributed by atoms with Gasteiger partial charge in [0.1, 0.15) is 12.2 Å². The molecule has 0 radical (unpaired) electrons. The van der Waals surface area contributed by atoms with E-state index in [9.17, 15) is 0 Å². The minimum absolute atomic E-state index is 0.319. The average molecular weight is 180 g/mol. The van der Waals surface area contributed by atoms with Crippen LogP contribution in [0.25, 0.3) is 0 Å². The molecule has 0 spiro atoms. The second kappa shape index (κ2) is 3.64. The zero-order valence-corrected chi connectivity index (χ0v) is 7.98. The molecular formula is C11H16O2. The van der Waals surface area contributed by atoms with Crippen LogP contribution in [0.4, 0.5) is 0 Å². The molecule has 13 heavy (non-hydrogen) atoms. The molecule has 0 aromatic carbocycles. The van der Waals surface area contributed by atoms with Crippen molar-refractivity contribution in [1.29, 1.82) is 0 Å². The molecule has 2 nitrogen and oxygen atoms in total. The summed E-state index contributed by atoms with van der Waals surface area (Å²) in [4.78, 5) is 0. The Hall–Kier alpha value is -0.600. The minimum Gasteiger partial charge on any atom is -0.365 e. The number of hydrogen-bond donors (Lipinski definition) is 0. The smallest absolute Gasteiger partial charge is 0.103 e. The third-order valence-corrected chi connectivity index (χ3v) is 2.54. The van der Waals surface area contributed by atoms with Crippen molar-refractivity contribution in [3.63, 3.8) is 0 Å². The van der Waals surface area contributed by atoms with Crippen LogP contribution in [0.1, 0.15) is 19.8 Å². The highest BCUT2D eigenvalue weighted by atomic mass is 16.6. The summed E-state index contributed by atoms with van der Waals surface area (Å²) in [6.45, 7) is 5.82. The van der Waals surface area contributed by atoms with Gasteiger partial charge in [0, 0.05) is 0 Å². The highest BCUT2D eigenvalue weighted by Gasteiger charge is 2.38. The molecule has 0 aromatic heterocycles. The first-order valence-corrected chi connectivity index (χ1v) is 4.95. The minimum atomic E-state index is 0.319. The van der Waals surface area contributed by atoms with E-state index in [1.807, 2.05) is 6.08 Å². The summed E-state index contributed by atoms with van der Waals surface area (Å²) in [5.74, 6) is 0. The third kappa shape index (κ3) is 2.20. The molecule has 2 aliphatic heterocycles. The molecule has 0 N–H and O–H groups in total. The van der Waals surface area contributed by atoms with Gasteiger partial charge in [0.05, 0.1) is 12.2 Å². The first kappa shape index (κ1) is 8.97. The van der Waals surface area contributed by atoms with Gasteiger partial charge >= 0.3 is 0 Å². The quantitative estimate of drug-likeness (QED) is 0.478. The van der Waals surface area contributed by atoms with Crippen LogP contribution >= 0.6 is 0 Å². The largest absolute Gasteiger partial charge is 0.365 e. The molecule has 2 heterocycles. The van der Waals surface area contributed by atoms with Crippen molar-refractivity contribution < 1.29 is 9.47 Å². The number of hydrogen-bond acceptors (Lipinski definition) is 2. The van der Waals surface area contributed by atoms with Gasteiger partial charge < -0.3 is 9.47 Å². The normalized spacial score (nSPS) is 42.2. The second-order valence-corrected chi connectivity index (χ2v) is 3.60.